The van der Waals surface area contributed by atoms with E-state index in [4.69, 9.17) is 11.0 Å². The molecule has 0 spiro atoms. The molecule has 0 amide bonds. The molecule has 0 heterocycles. The van der Waals surface area contributed by atoms with E-state index in [-0.39, 0.29) is 6.04 Å². The molecule has 3 nitrogen and oxygen atoms in total. The molecule has 0 fully saturated rings. The van der Waals surface area contributed by atoms with Gasteiger partial charge in [-0.05, 0) is 25.1 Å². The van der Waals surface area contributed by atoms with Gasteiger partial charge in [-0.2, -0.15) is 18.4 Å². The smallest absolute Gasteiger partial charge is 0.381 e. The molecule has 1 aromatic carbocycles. The maximum atomic E-state index is 12.5. The average Bonchev–Trinajstić information content (AvgIpc) is 2.27. The standard InChI is InChI=1S/C11H12F3N3/c1-7(5-15)17-9-2-3-10(11(12,13)14)8(4-9)6-16/h2-4,7,17H,5,15H2,1H3. The SMILES string of the molecule is CC(CN)Nc1ccc(C(F)(F)F)c(C#N)c1. The monoisotopic (exact) mass is 243 g/mol. The molecule has 3 N–H and O–H groups in total. The average molecular weight is 243 g/mol. The zero-order valence-electron chi connectivity index (χ0n) is 9.17. The number of halogens is 3. The number of nitriles is 1. The predicted molar refractivity (Wildman–Crippen MR) is 58.3 cm³/mol. The summed E-state index contributed by atoms with van der Waals surface area (Å²) in [6.45, 7) is 2.15. The maximum Gasteiger partial charge on any atom is 0.417 e. The van der Waals surface area contributed by atoms with Gasteiger partial charge in [0.2, 0.25) is 0 Å². The number of alkyl halides is 3. The van der Waals surface area contributed by atoms with Gasteiger partial charge in [-0.15, -0.1) is 0 Å². The molecule has 1 aromatic rings. The number of nitrogens with zero attached hydrogens (tertiary/aromatic N) is 1. The molecule has 0 aromatic heterocycles. The van der Waals surface area contributed by atoms with Gasteiger partial charge in [0.15, 0.2) is 0 Å². The third kappa shape index (κ3) is 3.36. The Kier molecular flexibility index (Phi) is 3.97. The van der Waals surface area contributed by atoms with E-state index < -0.39 is 17.3 Å². The first kappa shape index (κ1) is 13.3. The Labute approximate surface area is 97.0 Å². The minimum absolute atomic E-state index is 0.0710. The molecule has 1 atom stereocenters. The molecule has 1 rings (SSSR count). The lowest BCUT2D eigenvalue weighted by Crippen LogP contribution is -2.25. The van der Waals surface area contributed by atoms with Crippen LogP contribution in [0.4, 0.5) is 18.9 Å². The van der Waals surface area contributed by atoms with E-state index >= 15 is 0 Å². The van der Waals surface area contributed by atoms with Crippen LogP contribution in [0.3, 0.4) is 0 Å². The number of nitrogens with one attached hydrogen (secondary N) is 1. The molecule has 0 aliphatic rings. The first-order valence-electron chi connectivity index (χ1n) is 4.96. The van der Waals surface area contributed by atoms with E-state index in [1.807, 2.05) is 0 Å². The lowest BCUT2D eigenvalue weighted by Gasteiger charge is -2.15. The van der Waals surface area contributed by atoms with Crippen molar-refractivity contribution in [2.75, 3.05) is 11.9 Å². The van der Waals surface area contributed by atoms with Crippen LogP contribution in [0.5, 0.6) is 0 Å². The number of rotatable bonds is 3. The third-order valence-electron chi connectivity index (χ3n) is 2.21. The Bertz CT molecular complexity index is 435. The summed E-state index contributed by atoms with van der Waals surface area (Å²) < 4.78 is 37.5. The van der Waals surface area contributed by atoms with Crippen molar-refractivity contribution < 1.29 is 13.2 Å². The fourth-order valence-electron chi connectivity index (χ4n) is 1.32. The molecule has 0 aliphatic heterocycles. The van der Waals surface area contributed by atoms with Gasteiger partial charge in [0, 0.05) is 18.3 Å². The molecule has 17 heavy (non-hydrogen) atoms. The summed E-state index contributed by atoms with van der Waals surface area (Å²) in [5.41, 5.74) is 4.51. The van der Waals surface area contributed by atoms with Crippen molar-refractivity contribution in [3.8, 4) is 6.07 Å². The summed E-state index contributed by atoms with van der Waals surface area (Å²) >= 11 is 0. The summed E-state index contributed by atoms with van der Waals surface area (Å²) in [4.78, 5) is 0. The summed E-state index contributed by atoms with van der Waals surface area (Å²) in [5, 5.41) is 11.6. The summed E-state index contributed by atoms with van der Waals surface area (Å²) in [6.07, 6.45) is -4.51. The van der Waals surface area contributed by atoms with Crippen LogP contribution >= 0.6 is 0 Å². The Morgan fingerprint density at radius 3 is 2.59 bits per heavy atom. The van der Waals surface area contributed by atoms with Crippen LogP contribution in [0.2, 0.25) is 0 Å². The minimum atomic E-state index is -4.51. The van der Waals surface area contributed by atoms with Crippen LogP contribution in [0, 0.1) is 11.3 Å². The number of nitrogens with two attached hydrogens (primary N) is 1. The number of hydrogen-bond acceptors (Lipinski definition) is 3. The fraction of sp³-hybridized carbons (Fsp3) is 0.364. The van der Waals surface area contributed by atoms with E-state index in [1.165, 1.54) is 12.1 Å². The van der Waals surface area contributed by atoms with Crippen LogP contribution in [0.1, 0.15) is 18.1 Å². The molecule has 0 bridgehead atoms. The van der Waals surface area contributed by atoms with E-state index in [0.29, 0.717) is 12.2 Å². The Hall–Kier alpha value is -1.74. The van der Waals surface area contributed by atoms with Gasteiger partial charge in [0.1, 0.15) is 0 Å². The lowest BCUT2D eigenvalue weighted by molar-refractivity contribution is -0.137. The van der Waals surface area contributed by atoms with Crippen LogP contribution in [0.25, 0.3) is 0 Å². The van der Waals surface area contributed by atoms with E-state index in [0.717, 1.165) is 6.07 Å². The molecule has 0 aliphatic carbocycles. The van der Waals surface area contributed by atoms with Gasteiger partial charge in [-0.25, -0.2) is 0 Å². The maximum absolute atomic E-state index is 12.5. The highest BCUT2D eigenvalue weighted by Gasteiger charge is 2.33. The normalized spacial score (nSPS) is 12.9. The number of hydrogen-bond donors (Lipinski definition) is 2. The van der Waals surface area contributed by atoms with Crippen molar-refractivity contribution in [2.24, 2.45) is 5.73 Å². The Balaban J connectivity index is 3.06. The van der Waals surface area contributed by atoms with Crippen molar-refractivity contribution in [3.63, 3.8) is 0 Å². The molecule has 6 heteroatoms. The first-order chi connectivity index (χ1) is 7.88. The van der Waals surface area contributed by atoms with Gasteiger partial charge in [0.05, 0.1) is 17.2 Å². The van der Waals surface area contributed by atoms with Crippen LogP contribution in [-0.4, -0.2) is 12.6 Å². The molecule has 0 radical (unpaired) electrons. The highest BCUT2D eigenvalue weighted by Crippen LogP contribution is 2.33. The van der Waals surface area contributed by atoms with Crippen molar-refractivity contribution in [1.82, 2.24) is 0 Å². The number of benzene rings is 1. The van der Waals surface area contributed by atoms with Crippen molar-refractivity contribution >= 4 is 5.69 Å². The van der Waals surface area contributed by atoms with Gasteiger partial charge < -0.3 is 11.1 Å². The van der Waals surface area contributed by atoms with E-state index in [9.17, 15) is 13.2 Å². The van der Waals surface area contributed by atoms with Gasteiger partial charge in [-0.1, -0.05) is 0 Å². The molecule has 0 saturated heterocycles. The summed E-state index contributed by atoms with van der Waals surface area (Å²) in [7, 11) is 0. The fourth-order valence-corrected chi connectivity index (χ4v) is 1.32. The molecule has 0 saturated carbocycles. The molecular weight excluding hydrogens is 231 g/mol. The Morgan fingerprint density at radius 1 is 1.47 bits per heavy atom. The van der Waals surface area contributed by atoms with Gasteiger partial charge >= 0.3 is 6.18 Å². The number of anilines is 1. The summed E-state index contributed by atoms with van der Waals surface area (Å²) in [6, 6.07) is 4.83. The van der Waals surface area contributed by atoms with Crippen molar-refractivity contribution in [2.45, 2.75) is 19.1 Å². The minimum Gasteiger partial charge on any atom is -0.381 e. The zero-order chi connectivity index (χ0) is 13.1. The second kappa shape index (κ2) is 5.06. The van der Waals surface area contributed by atoms with Crippen molar-refractivity contribution in [1.29, 1.82) is 5.26 Å². The quantitative estimate of drug-likeness (QED) is 0.856. The zero-order valence-corrected chi connectivity index (χ0v) is 9.17. The second-order valence-corrected chi connectivity index (χ2v) is 3.65. The third-order valence-corrected chi connectivity index (χ3v) is 2.21. The first-order valence-corrected chi connectivity index (χ1v) is 4.96. The molecule has 92 valence electrons. The highest BCUT2D eigenvalue weighted by molar-refractivity contribution is 5.54. The van der Waals surface area contributed by atoms with E-state index in [1.54, 1.807) is 13.0 Å². The van der Waals surface area contributed by atoms with Crippen molar-refractivity contribution in [3.05, 3.63) is 29.3 Å². The van der Waals surface area contributed by atoms with Gasteiger partial charge in [0.25, 0.3) is 0 Å². The summed E-state index contributed by atoms with van der Waals surface area (Å²) in [5.74, 6) is 0. The van der Waals surface area contributed by atoms with Crippen LogP contribution in [-0.2, 0) is 6.18 Å². The highest BCUT2D eigenvalue weighted by atomic mass is 19.4. The Morgan fingerprint density at radius 2 is 2.12 bits per heavy atom. The van der Waals surface area contributed by atoms with Crippen LogP contribution < -0.4 is 11.1 Å². The second-order valence-electron chi connectivity index (χ2n) is 3.65. The predicted octanol–water partition coefficient (Wildman–Crippen LogP) is 2.34. The van der Waals surface area contributed by atoms with Gasteiger partial charge in [-0.3, -0.25) is 0 Å². The van der Waals surface area contributed by atoms with Crippen LogP contribution in [0.15, 0.2) is 18.2 Å². The topological polar surface area (TPSA) is 61.8 Å². The molecular formula is C11H12F3N3. The molecule has 1 unspecified atom stereocenters. The van der Waals surface area contributed by atoms with E-state index in [2.05, 4.69) is 5.32 Å². The largest absolute Gasteiger partial charge is 0.417 e. The lowest BCUT2D eigenvalue weighted by atomic mass is 10.1.